The van der Waals surface area contributed by atoms with Crippen molar-refractivity contribution in [1.82, 2.24) is 0 Å². The maximum Gasteiger partial charge on any atom is 1.00 e. The second-order valence-corrected chi connectivity index (χ2v) is 22.1. The molecule has 0 radical (unpaired) electrons. The molecule has 0 saturated carbocycles. The van der Waals surface area contributed by atoms with Gasteiger partial charge in [0.25, 0.3) is 10.1 Å². The number of anilines is 1. The zero-order valence-corrected chi connectivity index (χ0v) is 43.7. The first kappa shape index (κ1) is 55.8. The number of aryl methyl sites for hydroxylation is 1. The second kappa shape index (κ2) is 21.6. The molecule has 0 aromatic heterocycles. The molecule has 336 valence electrons. The molecule has 0 amide bonds. The van der Waals surface area contributed by atoms with Crippen molar-refractivity contribution in [3.8, 4) is 0 Å². The number of carboxylic acid groups (broad SMARTS) is 1. The van der Waals surface area contributed by atoms with Crippen LogP contribution >= 0.6 is 0 Å². The number of rotatable bonds is 19. The van der Waals surface area contributed by atoms with E-state index >= 15 is 0 Å². The Hall–Kier alpha value is -2.54. The molecule has 2 aliphatic heterocycles. The average molecular weight is 979 g/mol. The normalized spacial score (nSPS) is 16.7. The van der Waals surface area contributed by atoms with Crippen LogP contribution < -0.4 is 64.0 Å². The molecule has 2 N–H and O–H groups in total. The van der Waals surface area contributed by atoms with E-state index in [2.05, 4.69) is 0 Å². The van der Waals surface area contributed by atoms with Gasteiger partial charge in [0.15, 0.2) is 5.71 Å². The monoisotopic (exact) mass is 978 g/mol. The van der Waals surface area contributed by atoms with E-state index < -0.39 is 73.7 Å². The molecule has 5 rings (SSSR count). The van der Waals surface area contributed by atoms with Gasteiger partial charge in [-0.05, 0) is 104 Å². The Morgan fingerprint density at radius 2 is 1.38 bits per heavy atom. The Labute approximate surface area is 419 Å². The van der Waals surface area contributed by atoms with Crippen LogP contribution in [-0.2, 0) is 62.5 Å². The van der Waals surface area contributed by atoms with Crippen molar-refractivity contribution in [2.24, 2.45) is 0 Å². The number of carboxylic acids is 1. The van der Waals surface area contributed by atoms with Gasteiger partial charge in [0.2, 0.25) is 5.69 Å². The summed E-state index contributed by atoms with van der Waals surface area (Å²) in [7, 11) is -18.6. The van der Waals surface area contributed by atoms with Gasteiger partial charge in [0, 0.05) is 65.4 Å². The van der Waals surface area contributed by atoms with Crippen LogP contribution in [-0.4, -0.2) is 97.8 Å². The molecule has 3 aromatic carbocycles. The summed E-state index contributed by atoms with van der Waals surface area (Å²) in [5.74, 6) is -2.26. The summed E-state index contributed by atoms with van der Waals surface area (Å²) in [4.78, 5) is 12.3. The summed E-state index contributed by atoms with van der Waals surface area (Å²) >= 11 is 0. The molecular weight excluding hydrogens is 931 g/mol. The number of carbonyl (C=O) groups is 1. The van der Waals surface area contributed by atoms with Crippen LogP contribution in [0.5, 0.6) is 0 Å². The minimum Gasteiger partial charge on any atom is -0.748 e. The van der Waals surface area contributed by atoms with Crippen molar-refractivity contribution in [3.63, 3.8) is 0 Å². The molecule has 2 aliphatic rings. The number of allylic oxidation sites excluding steroid dienone is 6. The quantitative estimate of drug-likeness (QED) is 0.0490. The Kier molecular flexibility index (Phi) is 18.8. The van der Waals surface area contributed by atoms with Crippen LogP contribution in [0.1, 0.15) is 82.1 Å². The van der Waals surface area contributed by atoms with Gasteiger partial charge >= 0.3 is 65.1 Å². The maximum atomic E-state index is 12.2. The van der Waals surface area contributed by atoms with Crippen molar-refractivity contribution < 1.29 is 125 Å². The minimum atomic E-state index is -4.86. The van der Waals surface area contributed by atoms with Gasteiger partial charge in [-0.25, -0.2) is 25.3 Å². The molecule has 64 heavy (non-hydrogen) atoms. The van der Waals surface area contributed by atoms with E-state index in [-0.39, 0.29) is 96.4 Å². The Morgan fingerprint density at radius 1 is 0.766 bits per heavy atom. The van der Waals surface area contributed by atoms with E-state index in [4.69, 9.17) is 0 Å². The summed E-state index contributed by atoms with van der Waals surface area (Å²) in [5, 5.41) is 9.24. The fourth-order valence-corrected chi connectivity index (χ4v) is 10.1. The Morgan fingerprint density at radius 3 is 1.98 bits per heavy atom. The van der Waals surface area contributed by atoms with Crippen molar-refractivity contribution >= 4 is 69.1 Å². The van der Waals surface area contributed by atoms with E-state index in [1.165, 1.54) is 30.3 Å². The standard InChI is InChI=1S/C42H50N2O14S4.2Na/c1-41(2)34-27-31(61(53,54)55)17-19-36(34)43(23-9-25-59(47,48)49)38(41)21-15-30(33-13-7-5-11-29(33)12-6-8-14-40(45)46)16-22-39-42(3,4)35-28-32(62(56,57)58)18-20-37(35)44(39)24-10-26-60(50,51)52;;/h5,7,11,13,15-22,27-28H,6,8-10,12,14,23-26H2,1-4H3,(H4-,45,46,47,48,49,50,51,52,53,54,55,56,57,58);;/q;2*+1/p-2. The van der Waals surface area contributed by atoms with Gasteiger partial charge in [-0.1, -0.05) is 44.2 Å². The molecular formula is C42H48N2Na2O14S4. The third-order valence-corrected chi connectivity index (χ3v) is 14.4. The summed E-state index contributed by atoms with van der Waals surface area (Å²) in [5.41, 5.74) is 3.43. The Balaban J connectivity index is 0.00000544. The largest absolute Gasteiger partial charge is 1.00 e. The van der Waals surface area contributed by atoms with Gasteiger partial charge in [0.05, 0.1) is 35.4 Å². The molecule has 16 nitrogen and oxygen atoms in total. The molecule has 0 aliphatic carbocycles. The predicted molar refractivity (Wildman–Crippen MR) is 229 cm³/mol. The summed E-state index contributed by atoms with van der Waals surface area (Å²) in [6.07, 6.45) is 8.41. The number of fused-ring (bicyclic) bond motifs is 2. The summed E-state index contributed by atoms with van der Waals surface area (Å²) in [6.45, 7) is 7.33. The number of aliphatic carboxylic acids is 1. The fraction of sp³-hybridized carbons (Fsp3) is 0.381. The first-order valence-electron chi connectivity index (χ1n) is 19.5. The van der Waals surface area contributed by atoms with Gasteiger partial charge in [-0.3, -0.25) is 9.35 Å². The first-order chi connectivity index (χ1) is 28.6. The summed E-state index contributed by atoms with van der Waals surface area (Å²) in [6, 6.07) is 15.4. The molecule has 0 spiro atoms. The molecule has 0 unspecified atom stereocenters. The van der Waals surface area contributed by atoms with Crippen LogP contribution in [0.2, 0.25) is 0 Å². The number of hydrogen-bond acceptors (Lipinski definition) is 13. The topological polar surface area (TPSA) is 270 Å². The number of hydrogen-bond donors (Lipinski definition) is 2. The van der Waals surface area contributed by atoms with E-state index in [0.29, 0.717) is 58.7 Å². The third kappa shape index (κ3) is 13.8. The van der Waals surface area contributed by atoms with Gasteiger partial charge in [0.1, 0.15) is 16.7 Å². The zero-order chi connectivity index (χ0) is 46.1. The molecule has 0 atom stereocenters. The van der Waals surface area contributed by atoms with Gasteiger partial charge in [-0.2, -0.15) is 13.0 Å². The molecule has 0 fully saturated rings. The molecule has 0 saturated heterocycles. The van der Waals surface area contributed by atoms with Crippen molar-refractivity contribution in [2.45, 2.75) is 86.8 Å². The fourth-order valence-electron chi connectivity index (χ4n) is 8.09. The number of benzene rings is 3. The van der Waals surface area contributed by atoms with Crippen LogP contribution in [0.3, 0.4) is 0 Å². The van der Waals surface area contributed by atoms with Crippen molar-refractivity contribution in [2.75, 3.05) is 29.5 Å². The van der Waals surface area contributed by atoms with Gasteiger partial charge in [-0.15, -0.1) is 0 Å². The predicted octanol–water partition coefficient (Wildman–Crippen LogP) is -0.789. The van der Waals surface area contributed by atoms with E-state index in [1.54, 1.807) is 47.6 Å². The second-order valence-electron chi connectivity index (χ2n) is 16.2. The molecule has 3 aromatic rings. The van der Waals surface area contributed by atoms with E-state index in [0.717, 1.165) is 17.2 Å². The van der Waals surface area contributed by atoms with Crippen LogP contribution in [0.15, 0.2) is 100 Å². The van der Waals surface area contributed by atoms with Crippen molar-refractivity contribution in [3.05, 3.63) is 113 Å². The third-order valence-electron chi connectivity index (χ3n) is 11.1. The smallest absolute Gasteiger partial charge is 0.748 e. The zero-order valence-electron chi connectivity index (χ0n) is 36.5. The van der Waals surface area contributed by atoms with Crippen LogP contribution in [0.4, 0.5) is 11.4 Å². The van der Waals surface area contributed by atoms with Crippen LogP contribution in [0, 0.1) is 0 Å². The van der Waals surface area contributed by atoms with E-state index in [1.807, 2.05) is 38.1 Å². The van der Waals surface area contributed by atoms with Crippen molar-refractivity contribution in [1.29, 1.82) is 0 Å². The van der Waals surface area contributed by atoms with E-state index in [9.17, 15) is 61.8 Å². The minimum absolute atomic E-state index is 0. The van der Waals surface area contributed by atoms with Gasteiger partial charge < -0.3 is 23.7 Å². The SMILES string of the molecule is CC1(C)C(=CC=C(C=CC2=[N+](CCCS(=O)(=O)[O-])c3ccc(S(=O)(=O)[O-])cc3C2(C)C)c2ccccc2CCCCC(=O)O)N(CCCS(=O)(=O)[O-])c2ccc(S(=O)(=O)O)cc21.[Na+].[Na+]. The maximum absolute atomic E-state index is 12.2. The number of nitrogens with zero attached hydrogens (tertiary/aromatic N) is 2. The van der Waals surface area contributed by atoms with Crippen LogP contribution in [0.25, 0.3) is 5.57 Å². The molecule has 22 heteroatoms. The first-order valence-corrected chi connectivity index (χ1v) is 25.5. The number of unbranched alkanes of at least 4 members (excludes halogenated alkanes) is 1. The average Bonchev–Trinajstić information content (AvgIpc) is 3.49. The molecule has 0 bridgehead atoms. The summed E-state index contributed by atoms with van der Waals surface area (Å²) < 4.78 is 142. The Bertz CT molecular complexity index is 2850. The molecule has 2 heterocycles.